The lowest BCUT2D eigenvalue weighted by Gasteiger charge is -2.32. The van der Waals surface area contributed by atoms with Crippen LogP contribution in [0.25, 0.3) is 0 Å². The van der Waals surface area contributed by atoms with Crippen LogP contribution in [0.1, 0.15) is 60.3 Å². The van der Waals surface area contributed by atoms with Crippen molar-refractivity contribution in [2.45, 2.75) is 60.3 Å². The Kier molecular flexibility index (Phi) is 4.79. The lowest BCUT2D eigenvalue weighted by atomic mass is 9.74. The maximum absolute atomic E-state index is 2.32. The van der Waals surface area contributed by atoms with E-state index in [2.05, 4.69) is 34.6 Å². The van der Waals surface area contributed by atoms with Crippen LogP contribution in [-0.2, 0) is 0 Å². The molecule has 0 heteroatoms. The molecule has 0 atom stereocenters. The molecule has 0 aliphatic rings. The van der Waals surface area contributed by atoms with Crippen molar-refractivity contribution in [2.24, 2.45) is 5.41 Å². The minimum absolute atomic E-state index is 0.610. The average Bonchev–Trinajstić information content (AvgIpc) is 2.00. The van der Waals surface area contributed by atoms with E-state index < -0.39 is 0 Å². The van der Waals surface area contributed by atoms with Crippen LogP contribution < -0.4 is 0 Å². The molecule has 0 amide bonds. The molecular weight excluding hydrogens is 132 g/mol. The van der Waals surface area contributed by atoms with Gasteiger partial charge in [-0.15, -0.1) is 0 Å². The van der Waals surface area contributed by atoms with Gasteiger partial charge in [0.25, 0.3) is 0 Å². The van der Waals surface area contributed by atoms with E-state index in [1.165, 1.54) is 25.7 Å². The normalized spacial score (nSPS) is 12.5. The summed E-state index contributed by atoms with van der Waals surface area (Å²) in [4.78, 5) is 0. The summed E-state index contributed by atoms with van der Waals surface area (Å²) < 4.78 is 0. The van der Waals surface area contributed by atoms with Crippen molar-refractivity contribution < 1.29 is 0 Å². The van der Waals surface area contributed by atoms with E-state index >= 15 is 0 Å². The van der Waals surface area contributed by atoms with E-state index in [4.69, 9.17) is 0 Å². The zero-order valence-electron chi connectivity index (χ0n) is 8.83. The van der Waals surface area contributed by atoms with Gasteiger partial charge < -0.3 is 0 Å². The SMILES string of the molecule is CCC(CC)(CC)C[C](C)C. The van der Waals surface area contributed by atoms with Gasteiger partial charge in [-0.2, -0.15) is 0 Å². The molecule has 0 heterocycles. The first-order valence-electron chi connectivity index (χ1n) is 4.89. The summed E-state index contributed by atoms with van der Waals surface area (Å²) in [6.45, 7) is 11.4. The van der Waals surface area contributed by atoms with Crippen LogP contribution in [0.5, 0.6) is 0 Å². The first kappa shape index (κ1) is 11.0. The Hall–Kier alpha value is 0. The second-order valence-electron chi connectivity index (χ2n) is 3.94. The largest absolute Gasteiger partial charge is 0.0649 e. The maximum Gasteiger partial charge on any atom is -0.0297 e. The molecule has 1 radical (unpaired) electrons. The molecule has 67 valence electrons. The van der Waals surface area contributed by atoms with Gasteiger partial charge in [0.05, 0.1) is 0 Å². The van der Waals surface area contributed by atoms with Crippen molar-refractivity contribution >= 4 is 0 Å². The Bertz CT molecular complexity index is 79.9. The van der Waals surface area contributed by atoms with Gasteiger partial charge in [-0.25, -0.2) is 0 Å². The van der Waals surface area contributed by atoms with Gasteiger partial charge in [-0.05, 0) is 17.8 Å². The molecule has 0 aromatic heterocycles. The molecule has 0 saturated carbocycles. The highest BCUT2D eigenvalue weighted by molar-refractivity contribution is 4.88. The van der Waals surface area contributed by atoms with Crippen LogP contribution in [0.3, 0.4) is 0 Å². The molecule has 0 nitrogen and oxygen atoms in total. The summed E-state index contributed by atoms with van der Waals surface area (Å²) in [6, 6.07) is 0. The second kappa shape index (κ2) is 4.79. The third-order valence-electron chi connectivity index (χ3n) is 2.98. The Labute approximate surface area is 72.4 Å². The summed E-state index contributed by atoms with van der Waals surface area (Å²) in [5.41, 5.74) is 0.610. The van der Waals surface area contributed by atoms with E-state index in [0.29, 0.717) is 5.41 Å². The third kappa shape index (κ3) is 3.27. The summed E-state index contributed by atoms with van der Waals surface area (Å²) in [7, 11) is 0. The first-order valence-corrected chi connectivity index (χ1v) is 4.89. The van der Waals surface area contributed by atoms with E-state index in [0.717, 1.165) is 0 Å². The van der Waals surface area contributed by atoms with E-state index in [1.54, 1.807) is 5.92 Å². The average molecular weight is 155 g/mol. The lowest BCUT2D eigenvalue weighted by Crippen LogP contribution is -2.19. The highest BCUT2D eigenvalue weighted by atomic mass is 14.3. The van der Waals surface area contributed by atoms with Crippen molar-refractivity contribution in [3.05, 3.63) is 5.92 Å². The zero-order chi connectivity index (χ0) is 8.91. The van der Waals surface area contributed by atoms with Crippen LogP contribution in [0, 0.1) is 11.3 Å². The molecular formula is C11H23. The summed E-state index contributed by atoms with van der Waals surface area (Å²) >= 11 is 0. The van der Waals surface area contributed by atoms with Gasteiger partial charge in [-0.3, -0.25) is 0 Å². The lowest BCUT2D eigenvalue weighted by molar-refractivity contribution is 0.236. The van der Waals surface area contributed by atoms with Gasteiger partial charge in [0, 0.05) is 0 Å². The molecule has 0 aliphatic heterocycles. The molecule has 0 aromatic rings. The quantitative estimate of drug-likeness (QED) is 0.558. The standard InChI is InChI=1S/C11H23/c1-6-11(7-2,8-3)9-10(4)5/h6-9H2,1-5H3. The minimum atomic E-state index is 0.610. The Balaban J connectivity index is 4.05. The van der Waals surface area contributed by atoms with E-state index in [9.17, 15) is 0 Å². The van der Waals surface area contributed by atoms with Crippen LogP contribution in [0.2, 0.25) is 0 Å². The highest BCUT2D eigenvalue weighted by Crippen LogP contribution is 2.37. The van der Waals surface area contributed by atoms with Gasteiger partial charge in [0.2, 0.25) is 0 Å². The van der Waals surface area contributed by atoms with Gasteiger partial charge >= 0.3 is 0 Å². The fourth-order valence-electron chi connectivity index (χ4n) is 1.87. The Morgan fingerprint density at radius 2 is 1.27 bits per heavy atom. The molecule has 0 bridgehead atoms. The van der Waals surface area contributed by atoms with Crippen molar-refractivity contribution in [1.82, 2.24) is 0 Å². The zero-order valence-corrected chi connectivity index (χ0v) is 8.83. The topological polar surface area (TPSA) is 0 Å². The molecule has 0 spiro atoms. The maximum atomic E-state index is 2.32. The van der Waals surface area contributed by atoms with Crippen molar-refractivity contribution in [1.29, 1.82) is 0 Å². The van der Waals surface area contributed by atoms with Crippen LogP contribution in [-0.4, -0.2) is 0 Å². The van der Waals surface area contributed by atoms with Crippen molar-refractivity contribution in [2.75, 3.05) is 0 Å². The van der Waals surface area contributed by atoms with Crippen LogP contribution in [0.4, 0.5) is 0 Å². The number of rotatable bonds is 5. The molecule has 0 aromatic carbocycles. The molecule has 11 heavy (non-hydrogen) atoms. The summed E-state index contributed by atoms with van der Waals surface area (Å²) in [6.07, 6.45) is 5.29. The predicted octanol–water partition coefficient (Wildman–Crippen LogP) is 4.21. The molecule has 0 fully saturated rings. The smallest absolute Gasteiger partial charge is 0.0297 e. The fraction of sp³-hybridized carbons (Fsp3) is 0.909. The van der Waals surface area contributed by atoms with E-state index in [-0.39, 0.29) is 0 Å². The first-order chi connectivity index (χ1) is 5.10. The minimum Gasteiger partial charge on any atom is -0.0649 e. The summed E-state index contributed by atoms with van der Waals surface area (Å²) in [5.74, 6) is 1.58. The Morgan fingerprint density at radius 3 is 1.36 bits per heavy atom. The Morgan fingerprint density at radius 1 is 0.909 bits per heavy atom. The third-order valence-corrected chi connectivity index (χ3v) is 2.98. The summed E-state index contributed by atoms with van der Waals surface area (Å²) in [5, 5.41) is 0. The van der Waals surface area contributed by atoms with Crippen LogP contribution >= 0.6 is 0 Å². The van der Waals surface area contributed by atoms with Gasteiger partial charge in [0.15, 0.2) is 0 Å². The van der Waals surface area contributed by atoms with Crippen molar-refractivity contribution in [3.8, 4) is 0 Å². The number of hydrogen-bond donors (Lipinski definition) is 0. The monoisotopic (exact) mass is 155 g/mol. The second-order valence-corrected chi connectivity index (χ2v) is 3.94. The molecule has 0 N–H and O–H groups in total. The van der Waals surface area contributed by atoms with Crippen molar-refractivity contribution in [3.63, 3.8) is 0 Å². The molecule has 0 rings (SSSR count). The highest BCUT2D eigenvalue weighted by Gasteiger charge is 2.24. The fourth-order valence-corrected chi connectivity index (χ4v) is 1.87. The van der Waals surface area contributed by atoms with E-state index in [1.807, 2.05) is 0 Å². The van der Waals surface area contributed by atoms with Crippen LogP contribution in [0.15, 0.2) is 0 Å². The number of hydrogen-bond acceptors (Lipinski definition) is 0. The molecule has 0 unspecified atom stereocenters. The van der Waals surface area contributed by atoms with Gasteiger partial charge in [-0.1, -0.05) is 53.9 Å². The van der Waals surface area contributed by atoms with Gasteiger partial charge in [0.1, 0.15) is 0 Å². The molecule has 0 saturated heterocycles. The predicted molar refractivity (Wildman–Crippen MR) is 52.5 cm³/mol. The molecule has 0 aliphatic carbocycles.